The van der Waals surface area contributed by atoms with Crippen LogP contribution in [-0.4, -0.2) is 57.4 Å². The first kappa shape index (κ1) is 31.4. The molecular formula is C36H46N2O7. The first-order chi connectivity index (χ1) is 21.4. The lowest BCUT2D eigenvalue weighted by Crippen LogP contribution is -2.58. The summed E-state index contributed by atoms with van der Waals surface area (Å²) in [5.41, 5.74) is 1.95. The van der Waals surface area contributed by atoms with Crippen molar-refractivity contribution in [3.8, 4) is 11.5 Å². The van der Waals surface area contributed by atoms with Gasteiger partial charge in [0.1, 0.15) is 24.3 Å². The van der Waals surface area contributed by atoms with E-state index in [4.69, 9.17) is 4.74 Å². The van der Waals surface area contributed by atoms with Gasteiger partial charge in [-0.15, -0.1) is 0 Å². The second kappa shape index (κ2) is 12.0. The van der Waals surface area contributed by atoms with Crippen LogP contribution in [0.3, 0.4) is 0 Å². The summed E-state index contributed by atoms with van der Waals surface area (Å²) in [6, 6.07) is 9.85. The van der Waals surface area contributed by atoms with Gasteiger partial charge in [0.2, 0.25) is 5.91 Å². The van der Waals surface area contributed by atoms with Crippen LogP contribution in [0.2, 0.25) is 0 Å². The number of anilines is 1. The van der Waals surface area contributed by atoms with Crippen molar-refractivity contribution < 1.29 is 34.4 Å². The molecule has 2 bridgehead atoms. The quantitative estimate of drug-likeness (QED) is 0.247. The molecule has 9 heteroatoms. The monoisotopic (exact) mass is 618 g/mol. The van der Waals surface area contributed by atoms with Crippen LogP contribution < -0.4 is 10.2 Å². The Labute approximate surface area is 265 Å². The Morgan fingerprint density at radius 1 is 1.00 bits per heavy atom. The molecule has 0 spiro atoms. The summed E-state index contributed by atoms with van der Waals surface area (Å²) in [7, 11) is 0. The molecule has 0 radical (unpaired) electrons. The number of aliphatic hydroxyl groups is 1. The third-order valence-electron chi connectivity index (χ3n) is 11.9. The van der Waals surface area contributed by atoms with Crippen LogP contribution in [0, 0.1) is 22.7 Å². The average Bonchev–Trinajstić information content (AvgIpc) is 3.58. The Bertz CT molecular complexity index is 1470. The lowest BCUT2D eigenvalue weighted by atomic mass is 9.70. The maximum atomic E-state index is 14.6. The van der Waals surface area contributed by atoms with Crippen LogP contribution in [0.4, 0.5) is 5.69 Å². The molecule has 2 amide bonds. The molecule has 242 valence electrons. The van der Waals surface area contributed by atoms with Gasteiger partial charge in [-0.1, -0.05) is 64.3 Å². The summed E-state index contributed by atoms with van der Waals surface area (Å²) in [6.45, 7) is 6.77. The molecule has 3 fully saturated rings. The number of phenols is 2. The zero-order chi connectivity index (χ0) is 32.1. The number of nitrogens with one attached hydrogen (secondary N) is 1. The predicted octanol–water partition coefficient (Wildman–Crippen LogP) is 4.78. The number of carbonyl (C=O) groups excluding carboxylic acids is 3. The molecule has 9 nitrogen and oxygen atoms in total. The molecule has 0 aromatic heterocycles. The van der Waals surface area contributed by atoms with Crippen molar-refractivity contribution >= 4 is 23.5 Å². The van der Waals surface area contributed by atoms with Gasteiger partial charge >= 0.3 is 5.97 Å². The molecule has 3 aliphatic carbocycles. The number of hydrogen-bond donors (Lipinski definition) is 4. The fourth-order valence-electron chi connectivity index (χ4n) is 8.63. The third kappa shape index (κ3) is 5.58. The van der Waals surface area contributed by atoms with Gasteiger partial charge in [0.05, 0.1) is 0 Å². The number of esters is 1. The van der Waals surface area contributed by atoms with E-state index in [0.717, 1.165) is 56.9 Å². The standard InChI is InChI=1S/C36H46N2O7/c1-35(2)24-15-16-36(35,3)30(20-24)45-34(44)26-19-23-11-7-8-12-25(23)38(26)33(43)31(22-9-5-4-6-10-22)37-32(42)29(41)18-21-13-14-27(39)28(40)17-21/h7-8,11-14,17,22,24,26,29-31,39-41H,4-6,9-10,15-16,18-20H2,1-3H3,(H,37,42)/t24?,26?,29?,30-,31?,36?/m0/s1. The number of fused-ring (bicyclic) bond motifs is 3. The van der Waals surface area contributed by atoms with Crippen LogP contribution >= 0.6 is 0 Å². The molecule has 3 saturated carbocycles. The lowest BCUT2D eigenvalue weighted by molar-refractivity contribution is -0.159. The number of rotatable bonds is 8. The van der Waals surface area contributed by atoms with Gasteiger partial charge in [0.15, 0.2) is 11.5 Å². The SMILES string of the molecule is CC1(C)C2CCC1(C)[C@@H](OC(=O)C1Cc3ccccc3N1C(=O)C(NC(=O)C(O)Cc1ccc(O)c(O)c1)C1CCCCC1)C2. The molecule has 4 N–H and O–H groups in total. The van der Waals surface area contributed by atoms with E-state index in [1.807, 2.05) is 24.3 Å². The topological polar surface area (TPSA) is 136 Å². The van der Waals surface area contributed by atoms with E-state index in [-0.39, 0.29) is 46.7 Å². The number of carbonyl (C=O) groups is 3. The van der Waals surface area contributed by atoms with Crippen molar-refractivity contribution in [2.75, 3.05) is 4.90 Å². The molecule has 5 unspecified atom stereocenters. The molecule has 45 heavy (non-hydrogen) atoms. The Morgan fingerprint density at radius 2 is 1.73 bits per heavy atom. The summed E-state index contributed by atoms with van der Waals surface area (Å²) in [6.07, 6.45) is 5.94. The highest BCUT2D eigenvalue weighted by atomic mass is 16.5. The minimum Gasteiger partial charge on any atom is -0.504 e. The zero-order valence-electron chi connectivity index (χ0n) is 26.5. The molecule has 4 aliphatic rings. The van der Waals surface area contributed by atoms with Gasteiger partial charge in [0.25, 0.3) is 5.91 Å². The first-order valence-corrected chi connectivity index (χ1v) is 16.5. The molecule has 2 aromatic rings. The van der Waals surface area contributed by atoms with Gasteiger partial charge < -0.3 is 25.4 Å². The molecule has 6 atom stereocenters. The number of aliphatic hydroxyl groups excluding tert-OH is 1. The van der Waals surface area contributed by atoms with E-state index in [0.29, 0.717) is 23.6 Å². The van der Waals surface area contributed by atoms with E-state index in [1.54, 1.807) is 4.90 Å². The van der Waals surface area contributed by atoms with E-state index in [9.17, 15) is 29.7 Å². The van der Waals surface area contributed by atoms with Crippen LogP contribution in [-0.2, 0) is 32.0 Å². The van der Waals surface area contributed by atoms with Gasteiger partial charge in [-0.3, -0.25) is 14.5 Å². The second-order valence-corrected chi connectivity index (χ2v) is 14.5. The number of phenolic OH excluding ortho intramolecular Hbond substituents is 2. The highest BCUT2D eigenvalue weighted by molar-refractivity contribution is 6.06. The van der Waals surface area contributed by atoms with E-state index in [2.05, 4.69) is 26.1 Å². The lowest BCUT2D eigenvalue weighted by Gasteiger charge is -2.39. The maximum Gasteiger partial charge on any atom is 0.329 e. The number of nitrogens with zero attached hydrogens (tertiary/aromatic N) is 1. The number of para-hydroxylation sites is 1. The Balaban J connectivity index is 1.24. The van der Waals surface area contributed by atoms with Crippen LogP contribution in [0.1, 0.15) is 83.3 Å². The molecule has 1 aliphatic heterocycles. The Morgan fingerprint density at radius 3 is 2.40 bits per heavy atom. The van der Waals surface area contributed by atoms with Gasteiger partial charge in [-0.2, -0.15) is 0 Å². The van der Waals surface area contributed by atoms with Crippen molar-refractivity contribution in [1.29, 1.82) is 0 Å². The van der Waals surface area contributed by atoms with E-state index in [1.165, 1.54) is 18.2 Å². The highest BCUT2D eigenvalue weighted by Crippen LogP contribution is 2.66. The number of hydrogen-bond acceptors (Lipinski definition) is 7. The Kier molecular flexibility index (Phi) is 8.35. The van der Waals surface area contributed by atoms with Crippen molar-refractivity contribution in [3.63, 3.8) is 0 Å². The highest BCUT2D eigenvalue weighted by Gasteiger charge is 2.63. The third-order valence-corrected chi connectivity index (χ3v) is 11.9. The van der Waals surface area contributed by atoms with Crippen molar-refractivity contribution in [1.82, 2.24) is 5.32 Å². The molecular weight excluding hydrogens is 572 g/mol. The van der Waals surface area contributed by atoms with E-state index < -0.39 is 30.1 Å². The Hall–Kier alpha value is -3.59. The number of amides is 2. The molecule has 6 rings (SSSR count). The normalized spacial score (nSPS) is 28.4. The number of ether oxygens (including phenoxy) is 1. The fraction of sp³-hybridized carbons (Fsp3) is 0.583. The summed E-state index contributed by atoms with van der Waals surface area (Å²) in [4.78, 5) is 43.6. The zero-order valence-corrected chi connectivity index (χ0v) is 26.5. The smallest absolute Gasteiger partial charge is 0.329 e. The minimum atomic E-state index is -1.48. The minimum absolute atomic E-state index is 0.0716. The molecule has 0 saturated heterocycles. The molecule has 1 heterocycles. The fourth-order valence-corrected chi connectivity index (χ4v) is 8.63. The second-order valence-electron chi connectivity index (χ2n) is 14.5. The average molecular weight is 619 g/mol. The van der Waals surface area contributed by atoms with Crippen molar-refractivity contribution in [2.45, 2.75) is 109 Å². The summed E-state index contributed by atoms with van der Waals surface area (Å²) >= 11 is 0. The van der Waals surface area contributed by atoms with Gasteiger partial charge in [0, 0.05) is 23.9 Å². The van der Waals surface area contributed by atoms with Gasteiger partial charge in [-0.05, 0) is 78.7 Å². The van der Waals surface area contributed by atoms with Crippen LogP contribution in [0.15, 0.2) is 42.5 Å². The maximum absolute atomic E-state index is 14.6. The first-order valence-electron chi connectivity index (χ1n) is 16.5. The largest absolute Gasteiger partial charge is 0.504 e. The summed E-state index contributed by atoms with van der Waals surface area (Å²) in [5.74, 6) is -1.75. The number of benzene rings is 2. The van der Waals surface area contributed by atoms with Crippen molar-refractivity contribution in [3.05, 3.63) is 53.6 Å². The van der Waals surface area contributed by atoms with Gasteiger partial charge in [-0.25, -0.2) is 4.79 Å². The van der Waals surface area contributed by atoms with E-state index >= 15 is 0 Å². The number of aromatic hydroxyl groups is 2. The summed E-state index contributed by atoms with van der Waals surface area (Å²) in [5, 5.41) is 33.2. The van der Waals surface area contributed by atoms with Crippen LogP contribution in [0.5, 0.6) is 11.5 Å². The van der Waals surface area contributed by atoms with Crippen LogP contribution in [0.25, 0.3) is 0 Å². The predicted molar refractivity (Wildman–Crippen MR) is 169 cm³/mol. The molecule has 2 aromatic carbocycles. The van der Waals surface area contributed by atoms with Crippen molar-refractivity contribution in [2.24, 2.45) is 22.7 Å². The summed E-state index contributed by atoms with van der Waals surface area (Å²) < 4.78 is 6.31.